The summed E-state index contributed by atoms with van der Waals surface area (Å²) in [5.41, 5.74) is 1.01. The van der Waals surface area contributed by atoms with E-state index >= 15 is 0 Å². The van der Waals surface area contributed by atoms with E-state index in [1.165, 1.54) is 54.9 Å². The van der Waals surface area contributed by atoms with Crippen LogP contribution in [-0.4, -0.2) is 64.0 Å². The molecule has 12 heteroatoms. The van der Waals surface area contributed by atoms with Crippen molar-refractivity contribution in [2.24, 2.45) is 0 Å². The molecule has 4 rings (SSSR count). The lowest BCUT2D eigenvalue weighted by atomic mass is 9.91. The number of hydrogen-bond donors (Lipinski definition) is 0. The number of alkyl halides is 3. The summed E-state index contributed by atoms with van der Waals surface area (Å²) in [6, 6.07) is 13.2. The molecule has 0 saturated heterocycles. The quantitative estimate of drug-likeness (QED) is 0.300. The number of methoxy groups -OCH3 is 2. The molecule has 0 aromatic heterocycles. The average Bonchev–Trinajstić information content (AvgIpc) is 2.98. The van der Waals surface area contributed by atoms with E-state index in [9.17, 15) is 26.4 Å². The molecule has 0 N–H and O–H groups in total. The second kappa shape index (κ2) is 12.6. The lowest BCUT2D eigenvalue weighted by Gasteiger charge is -2.37. The van der Waals surface area contributed by atoms with Crippen LogP contribution in [0.3, 0.4) is 0 Å². The zero-order valence-corrected chi connectivity index (χ0v) is 24.6. The molecule has 3 aromatic rings. The number of nitrogens with zero attached hydrogens (tertiary/aromatic N) is 2. The third-order valence-corrected chi connectivity index (χ3v) is 9.34. The summed E-state index contributed by atoms with van der Waals surface area (Å²) < 4.78 is 83.7. The molecular formula is C30H33F3N2O6S. The van der Waals surface area contributed by atoms with Crippen molar-refractivity contribution < 1.29 is 40.6 Å². The first-order valence-corrected chi connectivity index (χ1v) is 14.8. The molecule has 0 bridgehead atoms. The molecular weight excluding hydrogens is 573 g/mol. The van der Waals surface area contributed by atoms with Crippen LogP contribution in [-0.2, 0) is 22.6 Å². The number of carbonyl (C=O) groups is 1. The monoisotopic (exact) mass is 606 g/mol. The first kappa shape index (κ1) is 31.2. The Morgan fingerprint density at radius 1 is 0.976 bits per heavy atom. The molecule has 1 amide bonds. The van der Waals surface area contributed by atoms with Gasteiger partial charge in [-0.05, 0) is 72.1 Å². The number of sulfonamides is 1. The number of rotatable bonds is 10. The van der Waals surface area contributed by atoms with Crippen molar-refractivity contribution in [3.8, 4) is 17.2 Å². The van der Waals surface area contributed by atoms with Gasteiger partial charge in [0.2, 0.25) is 10.0 Å². The molecule has 42 heavy (non-hydrogen) atoms. The van der Waals surface area contributed by atoms with Gasteiger partial charge in [-0.25, -0.2) is 8.42 Å². The van der Waals surface area contributed by atoms with E-state index in [-0.39, 0.29) is 35.3 Å². The van der Waals surface area contributed by atoms with Crippen molar-refractivity contribution in [1.82, 2.24) is 9.21 Å². The van der Waals surface area contributed by atoms with Crippen LogP contribution < -0.4 is 14.2 Å². The number of amides is 1. The Morgan fingerprint density at radius 3 is 2.21 bits per heavy atom. The number of halogens is 3. The highest BCUT2D eigenvalue weighted by molar-refractivity contribution is 7.89. The van der Waals surface area contributed by atoms with Crippen LogP contribution in [0.25, 0.3) is 0 Å². The minimum atomic E-state index is -4.53. The maximum atomic E-state index is 13.8. The summed E-state index contributed by atoms with van der Waals surface area (Å²) in [4.78, 5) is 15.5. The Bertz CT molecular complexity index is 1520. The van der Waals surface area contributed by atoms with Crippen molar-refractivity contribution in [2.45, 2.75) is 37.4 Å². The van der Waals surface area contributed by atoms with Crippen molar-refractivity contribution >= 4 is 15.9 Å². The summed E-state index contributed by atoms with van der Waals surface area (Å²) in [6.45, 7) is 4.28. The molecule has 0 saturated carbocycles. The van der Waals surface area contributed by atoms with Gasteiger partial charge in [0.25, 0.3) is 5.91 Å². The highest BCUT2D eigenvalue weighted by Crippen LogP contribution is 2.39. The van der Waals surface area contributed by atoms with Crippen LogP contribution in [0.2, 0.25) is 0 Å². The molecule has 8 nitrogen and oxygen atoms in total. The first-order valence-electron chi connectivity index (χ1n) is 13.4. The lowest BCUT2D eigenvalue weighted by molar-refractivity contribution is -0.137. The van der Waals surface area contributed by atoms with Gasteiger partial charge in [0.15, 0.2) is 11.5 Å². The molecule has 0 spiro atoms. The van der Waals surface area contributed by atoms with Gasteiger partial charge in [-0.2, -0.15) is 17.5 Å². The summed E-state index contributed by atoms with van der Waals surface area (Å²) >= 11 is 0. The van der Waals surface area contributed by atoms with Crippen molar-refractivity contribution in [3.63, 3.8) is 0 Å². The largest absolute Gasteiger partial charge is 0.493 e. The van der Waals surface area contributed by atoms with Crippen molar-refractivity contribution in [3.05, 3.63) is 82.9 Å². The maximum absolute atomic E-state index is 13.8. The van der Waals surface area contributed by atoms with E-state index in [4.69, 9.17) is 14.2 Å². The van der Waals surface area contributed by atoms with Gasteiger partial charge in [-0.15, -0.1) is 0 Å². The minimum Gasteiger partial charge on any atom is -0.493 e. The fourth-order valence-electron chi connectivity index (χ4n) is 5.04. The molecule has 1 unspecified atom stereocenters. The molecule has 226 valence electrons. The standard InChI is InChI=1S/C30H33F3N2O6S/c1-5-34(6-2)42(37,38)24-12-10-20(11-13-24)29(36)35-15-14-21-16-27(39-3)28(40-4)18-25(21)26(35)19-41-23-9-7-8-22(17-23)30(31,32)33/h7-13,16-18,26H,5-6,14-15,19H2,1-4H3. The fraction of sp³-hybridized carbons (Fsp3) is 0.367. The van der Waals surface area contributed by atoms with Gasteiger partial charge >= 0.3 is 6.18 Å². The lowest BCUT2D eigenvalue weighted by Crippen LogP contribution is -2.42. The van der Waals surface area contributed by atoms with Gasteiger partial charge in [-0.1, -0.05) is 19.9 Å². The number of fused-ring (bicyclic) bond motifs is 1. The highest BCUT2D eigenvalue weighted by Gasteiger charge is 2.34. The Kier molecular flexibility index (Phi) is 9.37. The highest BCUT2D eigenvalue weighted by atomic mass is 32.2. The number of carbonyl (C=O) groups excluding carboxylic acids is 1. The fourth-order valence-corrected chi connectivity index (χ4v) is 6.49. The van der Waals surface area contributed by atoms with E-state index in [2.05, 4.69) is 0 Å². The van der Waals surface area contributed by atoms with Gasteiger partial charge in [0.05, 0.1) is 30.7 Å². The van der Waals surface area contributed by atoms with Crippen LogP contribution >= 0.6 is 0 Å². The zero-order chi connectivity index (χ0) is 30.7. The van der Waals surface area contributed by atoms with Gasteiger partial charge < -0.3 is 19.1 Å². The second-order valence-corrected chi connectivity index (χ2v) is 11.6. The third-order valence-electron chi connectivity index (χ3n) is 7.28. The Morgan fingerprint density at radius 2 is 1.62 bits per heavy atom. The SMILES string of the molecule is CCN(CC)S(=O)(=O)c1ccc(C(=O)N2CCc3cc(OC)c(OC)cc3C2COc2cccc(C(F)(F)F)c2)cc1. The van der Waals surface area contributed by atoms with E-state index in [0.717, 1.165) is 17.7 Å². The molecule has 0 radical (unpaired) electrons. The Hall–Kier alpha value is -3.77. The van der Waals surface area contributed by atoms with Crippen LogP contribution in [0.1, 0.15) is 46.9 Å². The predicted molar refractivity (Wildman–Crippen MR) is 151 cm³/mol. The summed E-state index contributed by atoms with van der Waals surface area (Å²) in [5.74, 6) is 0.579. The normalized spacial score (nSPS) is 15.3. The molecule has 1 aliphatic rings. The van der Waals surface area contributed by atoms with E-state index in [1.807, 2.05) is 6.07 Å². The topological polar surface area (TPSA) is 85.4 Å². The number of hydrogen-bond acceptors (Lipinski definition) is 6. The Labute approximate surface area is 243 Å². The van der Waals surface area contributed by atoms with Gasteiger partial charge in [0, 0.05) is 25.2 Å². The van der Waals surface area contributed by atoms with E-state index in [1.54, 1.807) is 24.8 Å². The molecule has 1 heterocycles. The van der Waals surface area contributed by atoms with Gasteiger partial charge in [0.1, 0.15) is 12.4 Å². The first-order chi connectivity index (χ1) is 19.9. The van der Waals surface area contributed by atoms with Crippen molar-refractivity contribution in [1.29, 1.82) is 0 Å². The second-order valence-electron chi connectivity index (χ2n) is 9.62. The van der Waals surface area contributed by atoms with Crippen LogP contribution in [0.5, 0.6) is 17.2 Å². The molecule has 0 fully saturated rings. The smallest absolute Gasteiger partial charge is 0.416 e. The number of ether oxygens (including phenoxy) is 3. The molecule has 1 aliphatic heterocycles. The van der Waals surface area contributed by atoms with Crippen molar-refractivity contribution in [2.75, 3.05) is 40.5 Å². The number of benzene rings is 3. The molecule has 3 aromatic carbocycles. The molecule has 0 aliphatic carbocycles. The average molecular weight is 607 g/mol. The van der Waals surface area contributed by atoms with Crippen LogP contribution in [0, 0.1) is 0 Å². The summed E-state index contributed by atoms with van der Waals surface area (Å²) in [6.07, 6.45) is -4.05. The minimum absolute atomic E-state index is 0.00999. The van der Waals surface area contributed by atoms with Crippen LogP contribution in [0.15, 0.2) is 65.6 Å². The summed E-state index contributed by atoms with van der Waals surface area (Å²) in [7, 11) is -0.705. The van der Waals surface area contributed by atoms with Crippen LogP contribution in [0.4, 0.5) is 13.2 Å². The summed E-state index contributed by atoms with van der Waals surface area (Å²) in [5, 5.41) is 0. The maximum Gasteiger partial charge on any atom is 0.416 e. The molecule has 1 atom stereocenters. The Balaban J connectivity index is 1.68. The zero-order valence-electron chi connectivity index (χ0n) is 23.8. The third kappa shape index (κ3) is 6.34. The predicted octanol–water partition coefficient (Wildman–Crippen LogP) is 5.57. The van der Waals surface area contributed by atoms with E-state index < -0.39 is 27.8 Å². The van der Waals surface area contributed by atoms with E-state index in [0.29, 0.717) is 36.6 Å². The van der Waals surface area contributed by atoms with Gasteiger partial charge in [-0.3, -0.25) is 4.79 Å².